The number of benzene rings is 1. The van der Waals surface area contributed by atoms with Crippen LogP contribution in [0.2, 0.25) is 0 Å². The lowest BCUT2D eigenvalue weighted by atomic mass is 10.1. The molecule has 1 N–H and O–H groups in total. The van der Waals surface area contributed by atoms with Crippen molar-refractivity contribution in [2.75, 3.05) is 26.2 Å². The Bertz CT molecular complexity index is 577. The lowest BCUT2D eigenvalue weighted by molar-refractivity contribution is -0.137. The number of alkyl halides is 3. The van der Waals surface area contributed by atoms with E-state index in [2.05, 4.69) is 0 Å². The molecule has 2 rings (SSSR count). The van der Waals surface area contributed by atoms with E-state index in [9.17, 15) is 27.5 Å². The molecular weight excluding hydrogens is 316 g/mol. The molecule has 0 aliphatic carbocycles. The third-order valence-electron chi connectivity index (χ3n) is 3.81. The number of amides is 1. The summed E-state index contributed by atoms with van der Waals surface area (Å²) in [5.74, 6) is -1.09. The van der Waals surface area contributed by atoms with Crippen LogP contribution in [-0.2, 0) is 17.5 Å². The highest BCUT2D eigenvalue weighted by molar-refractivity contribution is 5.73. The number of nitrogens with zero attached hydrogens (tertiary/aromatic N) is 2. The van der Waals surface area contributed by atoms with Gasteiger partial charge >= 0.3 is 6.18 Å². The molecule has 1 fully saturated rings. The van der Waals surface area contributed by atoms with E-state index in [0.717, 1.165) is 12.1 Å². The number of hydrogen-bond donors (Lipinski definition) is 1. The van der Waals surface area contributed by atoms with Crippen molar-refractivity contribution in [1.29, 1.82) is 0 Å². The van der Waals surface area contributed by atoms with Crippen LogP contribution < -0.4 is 0 Å². The molecule has 1 aromatic rings. The summed E-state index contributed by atoms with van der Waals surface area (Å²) in [6.45, 7) is 2.70. The third kappa shape index (κ3) is 4.65. The van der Waals surface area contributed by atoms with Gasteiger partial charge in [-0.2, -0.15) is 13.2 Å². The van der Waals surface area contributed by atoms with Gasteiger partial charge in [0.15, 0.2) is 0 Å². The van der Waals surface area contributed by atoms with Crippen LogP contribution in [0.3, 0.4) is 0 Å². The SMILES string of the molecule is CC(=O)N1CCN(Cc2ccc(C(F)(F)F)cc2F)C[C@@H](O)C1. The first kappa shape index (κ1) is 17.7. The van der Waals surface area contributed by atoms with Gasteiger partial charge in [0, 0.05) is 45.2 Å². The first-order valence-corrected chi connectivity index (χ1v) is 7.18. The van der Waals surface area contributed by atoms with E-state index in [4.69, 9.17) is 0 Å². The van der Waals surface area contributed by atoms with Crippen molar-refractivity contribution in [3.8, 4) is 0 Å². The van der Waals surface area contributed by atoms with Gasteiger partial charge in [-0.25, -0.2) is 4.39 Å². The van der Waals surface area contributed by atoms with Crippen molar-refractivity contribution < 1.29 is 27.5 Å². The van der Waals surface area contributed by atoms with E-state index in [1.807, 2.05) is 0 Å². The van der Waals surface area contributed by atoms with Crippen LogP contribution in [-0.4, -0.2) is 53.1 Å². The zero-order valence-corrected chi connectivity index (χ0v) is 12.6. The van der Waals surface area contributed by atoms with Crippen LogP contribution in [0.4, 0.5) is 17.6 Å². The normalized spacial score (nSPS) is 20.4. The van der Waals surface area contributed by atoms with Gasteiger partial charge < -0.3 is 10.0 Å². The van der Waals surface area contributed by atoms with Crippen LogP contribution in [0.25, 0.3) is 0 Å². The summed E-state index contributed by atoms with van der Waals surface area (Å²) in [5, 5.41) is 9.90. The standard InChI is InChI=1S/C15H18F4N2O2/c1-10(22)21-5-4-20(8-13(23)9-21)7-11-2-3-12(6-14(11)16)15(17,18)19/h2-3,6,13,23H,4-5,7-9H2,1H3/t13-/m1/s1. The Labute approximate surface area is 131 Å². The van der Waals surface area contributed by atoms with Crippen molar-refractivity contribution in [2.45, 2.75) is 25.7 Å². The molecule has 0 saturated carbocycles. The Morgan fingerprint density at radius 3 is 2.57 bits per heavy atom. The third-order valence-corrected chi connectivity index (χ3v) is 3.81. The molecule has 23 heavy (non-hydrogen) atoms. The Morgan fingerprint density at radius 2 is 2.00 bits per heavy atom. The molecule has 1 saturated heterocycles. The number of β-amino-alcohol motifs (C(OH)–C–C–N with tert-alkyl or cyclic N) is 1. The fraction of sp³-hybridized carbons (Fsp3) is 0.533. The number of carbonyl (C=O) groups excluding carboxylic acids is 1. The zero-order chi connectivity index (χ0) is 17.2. The summed E-state index contributed by atoms with van der Waals surface area (Å²) in [4.78, 5) is 14.6. The Balaban J connectivity index is 2.08. The first-order chi connectivity index (χ1) is 10.7. The van der Waals surface area contributed by atoms with Gasteiger partial charge in [0.25, 0.3) is 0 Å². The Kier molecular flexibility index (Phi) is 5.26. The van der Waals surface area contributed by atoms with Gasteiger partial charge in [0.2, 0.25) is 5.91 Å². The summed E-state index contributed by atoms with van der Waals surface area (Å²) in [6, 6.07) is 2.43. The topological polar surface area (TPSA) is 43.8 Å². The van der Waals surface area contributed by atoms with E-state index in [1.165, 1.54) is 11.8 Å². The highest BCUT2D eigenvalue weighted by Crippen LogP contribution is 2.30. The molecule has 1 atom stereocenters. The van der Waals surface area contributed by atoms with Gasteiger partial charge in [-0.1, -0.05) is 6.07 Å². The maximum atomic E-state index is 13.9. The van der Waals surface area contributed by atoms with E-state index in [1.54, 1.807) is 4.90 Å². The predicted octanol–water partition coefficient (Wildman–Crippen LogP) is 1.87. The van der Waals surface area contributed by atoms with Crippen LogP contribution in [0.5, 0.6) is 0 Å². The van der Waals surface area contributed by atoms with Gasteiger partial charge in [-0.3, -0.25) is 9.69 Å². The molecular formula is C15H18F4N2O2. The quantitative estimate of drug-likeness (QED) is 0.840. The lowest BCUT2D eigenvalue weighted by Crippen LogP contribution is -2.36. The van der Waals surface area contributed by atoms with Gasteiger partial charge in [0.05, 0.1) is 11.7 Å². The average molecular weight is 334 g/mol. The minimum atomic E-state index is -4.58. The summed E-state index contributed by atoms with van der Waals surface area (Å²) < 4.78 is 51.5. The van der Waals surface area contributed by atoms with Crippen molar-refractivity contribution in [3.63, 3.8) is 0 Å². The molecule has 128 valence electrons. The molecule has 0 bridgehead atoms. The number of aliphatic hydroxyl groups is 1. The molecule has 1 amide bonds. The van der Waals surface area contributed by atoms with Crippen LogP contribution in [0, 0.1) is 5.82 Å². The molecule has 1 aliphatic rings. The second kappa shape index (κ2) is 6.84. The van der Waals surface area contributed by atoms with Gasteiger partial charge in [-0.05, 0) is 12.1 Å². The van der Waals surface area contributed by atoms with Crippen molar-refractivity contribution in [3.05, 3.63) is 35.1 Å². The average Bonchev–Trinajstić information content (AvgIpc) is 2.61. The Morgan fingerprint density at radius 1 is 1.30 bits per heavy atom. The maximum absolute atomic E-state index is 13.9. The van der Waals surface area contributed by atoms with E-state index >= 15 is 0 Å². The van der Waals surface area contributed by atoms with Crippen molar-refractivity contribution in [1.82, 2.24) is 9.80 Å². The molecule has 4 nitrogen and oxygen atoms in total. The summed E-state index contributed by atoms with van der Waals surface area (Å²) >= 11 is 0. The largest absolute Gasteiger partial charge is 0.416 e. The van der Waals surface area contributed by atoms with E-state index in [-0.39, 0.29) is 31.1 Å². The smallest absolute Gasteiger partial charge is 0.390 e. The van der Waals surface area contributed by atoms with Crippen LogP contribution >= 0.6 is 0 Å². The molecule has 0 unspecified atom stereocenters. The number of rotatable bonds is 2. The molecule has 0 radical (unpaired) electrons. The Hall–Kier alpha value is -1.67. The van der Waals surface area contributed by atoms with Gasteiger partial charge in [-0.15, -0.1) is 0 Å². The zero-order valence-electron chi connectivity index (χ0n) is 12.6. The van der Waals surface area contributed by atoms with E-state index < -0.39 is 23.7 Å². The maximum Gasteiger partial charge on any atom is 0.416 e. The summed E-state index contributed by atoms with van der Waals surface area (Å²) in [7, 11) is 0. The number of hydrogen-bond acceptors (Lipinski definition) is 3. The van der Waals surface area contributed by atoms with E-state index in [0.29, 0.717) is 19.2 Å². The molecule has 8 heteroatoms. The molecule has 1 aromatic carbocycles. The van der Waals surface area contributed by atoms with Crippen LogP contribution in [0.1, 0.15) is 18.1 Å². The lowest BCUT2D eigenvalue weighted by Gasteiger charge is -2.21. The number of halogens is 4. The summed E-state index contributed by atoms with van der Waals surface area (Å²) in [5.41, 5.74) is -0.904. The predicted molar refractivity (Wildman–Crippen MR) is 74.9 cm³/mol. The highest BCUT2D eigenvalue weighted by Gasteiger charge is 2.31. The highest BCUT2D eigenvalue weighted by atomic mass is 19.4. The fourth-order valence-corrected chi connectivity index (χ4v) is 2.58. The molecule has 0 spiro atoms. The minimum absolute atomic E-state index is 0.0762. The monoisotopic (exact) mass is 334 g/mol. The molecule has 1 heterocycles. The van der Waals surface area contributed by atoms with Gasteiger partial charge in [0.1, 0.15) is 5.82 Å². The molecule has 0 aromatic heterocycles. The number of carbonyl (C=O) groups is 1. The van der Waals surface area contributed by atoms with Crippen molar-refractivity contribution >= 4 is 5.91 Å². The number of aliphatic hydroxyl groups excluding tert-OH is 1. The van der Waals surface area contributed by atoms with Crippen LogP contribution in [0.15, 0.2) is 18.2 Å². The van der Waals surface area contributed by atoms with Crippen molar-refractivity contribution in [2.24, 2.45) is 0 Å². The second-order valence-corrected chi connectivity index (χ2v) is 5.66. The first-order valence-electron chi connectivity index (χ1n) is 7.18. The summed E-state index contributed by atoms with van der Waals surface area (Å²) in [6.07, 6.45) is -5.36. The molecule has 1 aliphatic heterocycles. The minimum Gasteiger partial charge on any atom is -0.390 e. The second-order valence-electron chi connectivity index (χ2n) is 5.66. The fourth-order valence-electron chi connectivity index (χ4n) is 2.58.